The summed E-state index contributed by atoms with van der Waals surface area (Å²) < 4.78 is 79.5. The third-order valence-corrected chi connectivity index (χ3v) is 4.28. The SMILES string of the molecule is CCC(CC(N)C(=O)O)C(C)c1c(C(F)(F)F)cccc1C(F)(F)F. The molecule has 142 valence electrons. The first-order valence-corrected chi connectivity index (χ1v) is 7.56. The summed E-state index contributed by atoms with van der Waals surface area (Å²) in [7, 11) is 0. The van der Waals surface area contributed by atoms with Crippen molar-refractivity contribution in [3.8, 4) is 0 Å². The smallest absolute Gasteiger partial charge is 0.416 e. The van der Waals surface area contributed by atoms with Crippen LogP contribution in [0.4, 0.5) is 26.3 Å². The minimum atomic E-state index is -4.96. The van der Waals surface area contributed by atoms with E-state index in [1.54, 1.807) is 6.92 Å². The molecule has 0 aliphatic heterocycles. The average Bonchev–Trinajstić information content (AvgIpc) is 2.49. The van der Waals surface area contributed by atoms with Gasteiger partial charge in [-0.15, -0.1) is 0 Å². The molecule has 0 saturated heterocycles. The van der Waals surface area contributed by atoms with E-state index in [0.717, 1.165) is 0 Å². The van der Waals surface area contributed by atoms with Gasteiger partial charge in [-0.2, -0.15) is 26.3 Å². The molecule has 0 fully saturated rings. The summed E-state index contributed by atoms with van der Waals surface area (Å²) in [6.45, 7) is 2.81. The van der Waals surface area contributed by atoms with Crippen LogP contribution in [0.3, 0.4) is 0 Å². The zero-order valence-electron chi connectivity index (χ0n) is 13.6. The van der Waals surface area contributed by atoms with Crippen molar-refractivity contribution in [2.75, 3.05) is 0 Å². The lowest BCUT2D eigenvalue weighted by atomic mass is 9.78. The quantitative estimate of drug-likeness (QED) is 0.715. The van der Waals surface area contributed by atoms with Gasteiger partial charge >= 0.3 is 18.3 Å². The van der Waals surface area contributed by atoms with E-state index in [2.05, 4.69) is 0 Å². The first-order chi connectivity index (χ1) is 11.3. The van der Waals surface area contributed by atoms with Gasteiger partial charge in [0.1, 0.15) is 6.04 Å². The van der Waals surface area contributed by atoms with E-state index in [9.17, 15) is 31.1 Å². The predicted octanol–water partition coefficient (Wildman–Crippen LogP) is 4.66. The summed E-state index contributed by atoms with van der Waals surface area (Å²) in [6, 6.07) is 0.557. The second-order valence-electron chi connectivity index (χ2n) is 5.90. The Labute approximate surface area is 140 Å². The van der Waals surface area contributed by atoms with Crippen LogP contribution in [0.5, 0.6) is 0 Å². The Morgan fingerprint density at radius 1 is 1.12 bits per heavy atom. The molecule has 0 saturated carbocycles. The molecule has 9 heteroatoms. The summed E-state index contributed by atoms with van der Waals surface area (Å²) in [4.78, 5) is 10.9. The molecule has 0 aliphatic rings. The van der Waals surface area contributed by atoms with Gasteiger partial charge in [0.25, 0.3) is 0 Å². The van der Waals surface area contributed by atoms with Crippen LogP contribution in [0.25, 0.3) is 0 Å². The minimum absolute atomic E-state index is 0.186. The number of rotatable bonds is 6. The van der Waals surface area contributed by atoms with Crippen LogP contribution in [0.15, 0.2) is 18.2 Å². The van der Waals surface area contributed by atoms with Crippen molar-refractivity contribution < 1.29 is 36.2 Å². The van der Waals surface area contributed by atoms with Crippen LogP contribution in [0, 0.1) is 5.92 Å². The van der Waals surface area contributed by atoms with Crippen LogP contribution >= 0.6 is 0 Å². The first kappa shape index (κ1) is 21.3. The summed E-state index contributed by atoms with van der Waals surface area (Å²) in [5.41, 5.74) is 1.82. The monoisotopic (exact) mass is 371 g/mol. The maximum absolute atomic E-state index is 13.2. The van der Waals surface area contributed by atoms with E-state index in [-0.39, 0.29) is 12.8 Å². The largest absolute Gasteiger partial charge is 0.480 e. The number of alkyl halides is 6. The molecule has 0 aliphatic carbocycles. The lowest BCUT2D eigenvalue weighted by Crippen LogP contribution is -2.34. The van der Waals surface area contributed by atoms with Gasteiger partial charge in [0.15, 0.2) is 0 Å². The van der Waals surface area contributed by atoms with E-state index in [0.29, 0.717) is 18.2 Å². The average molecular weight is 371 g/mol. The van der Waals surface area contributed by atoms with Gasteiger partial charge in [-0.3, -0.25) is 4.79 Å². The van der Waals surface area contributed by atoms with E-state index in [1.807, 2.05) is 0 Å². The predicted molar refractivity (Wildman–Crippen MR) is 78.9 cm³/mol. The van der Waals surface area contributed by atoms with Gasteiger partial charge in [-0.1, -0.05) is 26.3 Å². The van der Waals surface area contributed by atoms with Crippen molar-refractivity contribution >= 4 is 5.97 Å². The van der Waals surface area contributed by atoms with Crippen molar-refractivity contribution in [1.82, 2.24) is 0 Å². The number of hydrogen-bond acceptors (Lipinski definition) is 2. The van der Waals surface area contributed by atoms with Gasteiger partial charge in [-0.25, -0.2) is 0 Å². The molecule has 0 radical (unpaired) electrons. The van der Waals surface area contributed by atoms with Gasteiger partial charge in [0.05, 0.1) is 11.1 Å². The number of carbonyl (C=O) groups is 1. The number of halogens is 6. The normalized spacial score (nSPS) is 16.4. The zero-order valence-corrected chi connectivity index (χ0v) is 13.6. The van der Waals surface area contributed by atoms with Gasteiger partial charge in [0, 0.05) is 0 Å². The van der Waals surface area contributed by atoms with E-state index in [1.165, 1.54) is 6.92 Å². The Hall–Kier alpha value is -1.77. The van der Waals surface area contributed by atoms with E-state index >= 15 is 0 Å². The lowest BCUT2D eigenvalue weighted by Gasteiger charge is -2.29. The zero-order chi connectivity index (χ0) is 19.6. The molecule has 1 aromatic rings. The molecule has 0 bridgehead atoms. The van der Waals surface area contributed by atoms with Gasteiger partial charge in [-0.05, 0) is 36.0 Å². The Kier molecular flexibility index (Phi) is 6.50. The Bertz CT molecular complexity index is 579. The Balaban J connectivity index is 3.48. The van der Waals surface area contributed by atoms with Crippen molar-refractivity contribution in [2.45, 2.75) is 51.0 Å². The minimum Gasteiger partial charge on any atom is -0.480 e. The lowest BCUT2D eigenvalue weighted by molar-refractivity contribution is -0.145. The van der Waals surface area contributed by atoms with Crippen LogP contribution < -0.4 is 5.73 Å². The Morgan fingerprint density at radius 2 is 1.56 bits per heavy atom. The summed E-state index contributed by atoms with van der Waals surface area (Å²) >= 11 is 0. The number of carboxylic acids is 1. The number of hydrogen-bond donors (Lipinski definition) is 2. The standard InChI is InChI=1S/C16H19F6NO2/c1-3-9(7-12(23)14(24)25)8(2)13-10(15(17,18)19)5-4-6-11(13)16(20,21)22/h4-6,8-9,12H,3,7,23H2,1-2H3,(H,24,25). The van der Waals surface area contributed by atoms with Crippen molar-refractivity contribution in [3.63, 3.8) is 0 Å². The fraction of sp³-hybridized carbons (Fsp3) is 0.562. The third-order valence-electron chi connectivity index (χ3n) is 4.28. The molecule has 1 aromatic carbocycles. The molecule has 0 spiro atoms. The Morgan fingerprint density at radius 3 is 1.88 bits per heavy atom. The molecular formula is C16H19F6NO2. The van der Waals surface area contributed by atoms with E-state index in [4.69, 9.17) is 10.8 Å². The number of carboxylic acid groups (broad SMARTS) is 1. The fourth-order valence-corrected chi connectivity index (χ4v) is 2.94. The molecule has 3 atom stereocenters. The van der Waals surface area contributed by atoms with E-state index < -0.39 is 52.9 Å². The number of benzene rings is 1. The maximum Gasteiger partial charge on any atom is 0.416 e. The molecule has 0 aromatic heterocycles. The molecule has 1 rings (SSSR count). The van der Waals surface area contributed by atoms with Crippen molar-refractivity contribution in [1.29, 1.82) is 0 Å². The molecule has 25 heavy (non-hydrogen) atoms. The van der Waals surface area contributed by atoms with Gasteiger partial charge < -0.3 is 10.8 Å². The number of nitrogens with two attached hydrogens (primary N) is 1. The summed E-state index contributed by atoms with van der Waals surface area (Å²) in [5.74, 6) is -3.29. The molecular weight excluding hydrogens is 352 g/mol. The molecule has 3 unspecified atom stereocenters. The van der Waals surface area contributed by atoms with Crippen molar-refractivity contribution in [3.05, 3.63) is 34.9 Å². The molecule has 3 nitrogen and oxygen atoms in total. The second-order valence-corrected chi connectivity index (χ2v) is 5.90. The topological polar surface area (TPSA) is 63.3 Å². The van der Waals surface area contributed by atoms with Crippen molar-refractivity contribution in [2.24, 2.45) is 11.7 Å². The summed E-state index contributed by atoms with van der Waals surface area (Å²) in [6.07, 6.45) is -9.96. The molecule has 3 N–H and O–H groups in total. The highest BCUT2D eigenvalue weighted by Gasteiger charge is 2.43. The van der Waals surface area contributed by atoms with Crippen LogP contribution in [-0.2, 0) is 17.1 Å². The van der Waals surface area contributed by atoms with Crippen LogP contribution in [0.2, 0.25) is 0 Å². The maximum atomic E-state index is 13.2. The summed E-state index contributed by atoms with van der Waals surface area (Å²) in [5, 5.41) is 8.86. The molecule has 0 heterocycles. The molecule has 0 amide bonds. The highest BCUT2D eigenvalue weighted by Crippen LogP contribution is 2.45. The highest BCUT2D eigenvalue weighted by molar-refractivity contribution is 5.73. The first-order valence-electron chi connectivity index (χ1n) is 7.56. The van der Waals surface area contributed by atoms with Crippen LogP contribution in [0.1, 0.15) is 49.3 Å². The van der Waals surface area contributed by atoms with Gasteiger partial charge in [0.2, 0.25) is 0 Å². The third kappa shape index (κ3) is 5.10. The van der Waals surface area contributed by atoms with Crippen LogP contribution in [-0.4, -0.2) is 17.1 Å². The highest BCUT2D eigenvalue weighted by atomic mass is 19.4. The fourth-order valence-electron chi connectivity index (χ4n) is 2.94. The second kappa shape index (κ2) is 7.63. The number of aliphatic carboxylic acids is 1.